The number of nitrogens with zero attached hydrogens (tertiary/aromatic N) is 1. The Morgan fingerprint density at radius 3 is 2.67 bits per heavy atom. The minimum Gasteiger partial charge on any atom is -0.497 e. The molecule has 2 aromatic rings. The highest BCUT2D eigenvalue weighted by atomic mass is 16.5. The van der Waals surface area contributed by atoms with Gasteiger partial charge < -0.3 is 14.6 Å². The lowest BCUT2D eigenvalue weighted by atomic mass is 10.1. The van der Waals surface area contributed by atoms with Crippen LogP contribution >= 0.6 is 0 Å². The number of nitriles is 1. The molecule has 2 rings (SSSR count). The third-order valence-corrected chi connectivity index (χ3v) is 3.19. The molecule has 0 fully saturated rings. The summed E-state index contributed by atoms with van der Waals surface area (Å²) in [6.45, 7) is 1.94. The SMILES string of the molecule is COc1ccc([C@H](C)O)c(OCc2ccccc2C#N)c1. The van der Waals surface area contributed by atoms with Crippen molar-refractivity contribution in [2.75, 3.05) is 7.11 Å². The molecule has 0 aliphatic heterocycles. The molecule has 4 heteroatoms. The van der Waals surface area contributed by atoms with Gasteiger partial charge in [0.25, 0.3) is 0 Å². The maximum atomic E-state index is 9.79. The van der Waals surface area contributed by atoms with E-state index in [1.165, 1.54) is 0 Å². The van der Waals surface area contributed by atoms with Crippen LogP contribution in [-0.2, 0) is 6.61 Å². The zero-order valence-electron chi connectivity index (χ0n) is 12.0. The van der Waals surface area contributed by atoms with Gasteiger partial charge in [-0.1, -0.05) is 18.2 Å². The molecule has 0 saturated heterocycles. The van der Waals surface area contributed by atoms with Crippen LogP contribution in [-0.4, -0.2) is 12.2 Å². The molecule has 1 atom stereocenters. The molecule has 0 aromatic heterocycles. The van der Waals surface area contributed by atoms with Crippen molar-refractivity contribution in [3.8, 4) is 17.6 Å². The lowest BCUT2D eigenvalue weighted by molar-refractivity contribution is 0.190. The van der Waals surface area contributed by atoms with Gasteiger partial charge in [-0.3, -0.25) is 0 Å². The van der Waals surface area contributed by atoms with Crippen molar-refractivity contribution >= 4 is 0 Å². The largest absolute Gasteiger partial charge is 0.497 e. The second-order valence-corrected chi connectivity index (χ2v) is 4.64. The molecule has 0 amide bonds. The molecule has 0 unspecified atom stereocenters. The summed E-state index contributed by atoms with van der Waals surface area (Å²) in [4.78, 5) is 0. The number of benzene rings is 2. The number of aliphatic hydroxyl groups excluding tert-OH is 1. The van der Waals surface area contributed by atoms with Crippen LogP contribution in [0.25, 0.3) is 0 Å². The summed E-state index contributed by atoms with van der Waals surface area (Å²) in [5.41, 5.74) is 2.07. The zero-order valence-corrected chi connectivity index (χ0v) is 12.0. The highest BCUT2D eigenvalue weighted by Crippen LogP contribution is 2.30. The number of rotatable bonds is 5. The van der Waals surface area contributed by atoms with Crippen LogP contribution in [0.4, 0.5) is 0 Å². The number of hydrogen-bond acceptors (Lipinski definition) is 4. The van der Waals surface area contributed by atoms with Crippen molar-refractivity contribution in [1.29, 1.82) is 5.26 Å². The van der Waals surface area contributed by atoms with E-state index in [1.54, 1.807) is 38.3 Å². The minimum atomic E-state index is -0.642. The maximum absolute atomic E-state index is 9.79. The van der Waals surface area contributed by atoms with Gasteiger partial charge in [0.05, 0.1) is 24.8 Å². The van der Waals surface area contributed by atoms with E-state index in [0.717, 1.165) is 5.56 Å². The Morgan fingerprint density at radius 2 is 2.00 bits per heavy atom. The molecule has 2 aromatic carbocycles. The zero-order chi connectivity index (χ0) is 15.2. The van der Waals surface area contributed by atoms with Gasteiger partial charge in [-0.2, -0.15) is 5.26 Å². The monoisotopic (exact) mass is 283 g/mol. The molecule has 0 radical (unpaired) electrons. The van der Waals surface area contributed by atoms with E-state index < -0.39 is 6.10 Å². The lowest BCUT2D eigenvalue weighted by Crippen LogP contribution is -2.03. The Kier molecular flexibility index (Phi) is 4.81. The van der Waals surface area contributed by atoms with E-state index in [1.807, 2.05) is 18.2 Å². The number of aliphatic hydroxyl groups is 1. The summed E-state index contributed by atoms with van der Waals surface area (Å²) in [5.74, 6) is 1.21. The molecule has 21 heavy (non-hydrogen) atoms. The normalized spacial score (nSPS) is 11.5. The first-order chi connectivity index (χ1) is 10.2. The average molecular weight is 283 g/mol. The predicted molar refractivity (Wildman–Crippen MR) is 79.1 cm³/mol. The van der Waals surface area contributed by atoms with Crippen LogP contribution in [0, 0.1) is 11.3 Å². The smallest absolute Gasteiger partial charge is 0.129 e. The number of methoxy groups -OCH3 is 1. The van der Waals surface area contributed by atoms with Crippen LogP contribution in [0.15, 0.2) is 42.5 Å². The van der Waals surface area contributed by atoms with Crippen LogP contribution in [0.1, 0.15) is 29.7 Å². The van der Waals surface area contributed by atoms with Gasteiger partial charge in [0.2, 0.25) is 0 Å². The van der Waals surface area contributed by atoms with Crippen LogP contribution in [0.5, 0.6) is 11.5 Å². The molecule has 0 bridgehead atoms. The molecule has 0 aliphatic rings. The summed E-state index contributed by atoms with van der Waals surface area (Å²) in [7, 11) is 1.58. The highest BCUT2D eigenvalue weighted by molar-refractivity contribution is 5.42. The first-order valence-electron chi connectivity index (χ1n) is 6.62. The van der Waals surface area contributed by atoms with E-state index in [0.29, 0.717) is 22.6 Å². The first-order valence-corrected chi connectivity index (χ1v) is 6.62. The Bertz CT molecular complexity index is 659. The van der Waals surface area contributed by atoms with Crippen LogP contribution < -0.4 is 9.47 Å². The molecule has 0 heterocycles. The van der Waals surface area contributed by atoms with E-state index in [9.17, 15) is 5.11 Å². The molecule has 0 saturated carbocycles. The molecular formula is C17H17NO3. The topological polar surface area (TPSA) is 62.5 Å². The Balaban J connectivity index is 2.25. The van der Waals surface area contributed by atoms with Crippen molar-refractivity contribution in [3.63, 3.8) is 0 Å². The van der Waals surface area contributed by atoms with E-state index in [2.05, 4.69) is 6.07 Å². The highest BCUT2D eigenvalue weighted by Gasteiger charge is 2.11. The lowest BCUT2D eigenvalue weighted by Gasteiger charge is -2.15. The summed E-state index contributed by atoms with van der Waals surface area (Å²) < 4.78 is 11.0. The van der Waals surface area contributed by atoms with Gasteiger partial charge in [0, 0.05) is 17.2 Å². The first kappa shape index (κ1) is 14.9. The molecule has 0 spiro atoms. The molecule has 0 aliphatic carbocycles. The van der Waals surface area contributed by atoms with Gasteiger partial charge in [0.1, 0.15) is 18.1 Å². The Labute approximate surface area is 124 Å². The maximum Gasteiger partial charge on any atom is 0.129 e. The van der Waals surface area contributed by atoms with E-state index in [4.69, 9.17) is 14.7 Å². The summed E-state index contributed by atoms with van der Waals surface area (Å²) in [6, 6.07) is 14.7. The second-order valence-electron chi connectivity index (χ2n) is 4.64. The molecule has 108 valence electrons. The van der Waals surface area contributed by atoms with Crippen molar-refractivity contribution in [3.05, 3.63) is 59.2 Å². The molecular weight excluding hydrogens is 266 g/mol. The van der Waals surface area contributed by atoms with Gasteiger partial charge in [-0.15, -0.1) is 0 Å². The fraction of sp³-hybridized carbons (Fsp3) is 0.235. The fourth-order valence-electron chi connectivity index (χ4n) is 2.02. The van der Waals surface area contributed by atoms with Gasteiger partial charge in [-0.05, 0) is 25.1 Å². The van der Waals surface area contributed by atoms with E-state index in [-0.39, 0.29) is 6.61 Å². The predicted octanol–water partition coefficient (Wildman–Crippen LogP) is 3.20. The van der Waals surface area contributed by atoms with Crippen molar-refractivity contribution in [1.82, 2.24) is 0 Å². The van der Waals surface area contributed by atoms with Crippen LogP contribution in [0.3, 0.4) is 0 Å². The number of hydrogen-bond donors (Lipinski definition) is 1. The van der Waals surface area contributed by atoms with Crippen molar-refractivity contribution in [2.45, 2.75) is 19.6 Å². The molecule has 4 nitrogen and oxygen atoms in total. The second kappa shape index (κ2) is 6.78. The third-order valence-electron chi connectivity index (χ3n) is 3.19. The van der Waals surface area contributed by atoms with Crippen LogP contribution in [0.2, 0.25) is 0 Å². The summed E-state index contributed by atoms with van der Waals surface area (Å²) in [5, 5.41) is 18.9. The minimum absolute atomic E-state index is 0.261. The summed E-state index contributed by atoms with van der Waals surface area (Å²) in [6.07, 6.45) is -0.642. The fourth-order valence-corrected chi connectivity index (χ4v) is 2.02. The Morgan fingerprint density at radius 1 is 1.24 bits per heavy atom. The number of ether oxygens (including phenoxy) is 2. The molecule has 1 N–H and O–H groups in total. The van der Waals surface area contributed by atoms with Crippen molar-refractivity contribution in [2.24, 2.45) is 0 Å². The summed E-state index contributed by atoms with van der Waals surface area (Å²) >= 11 is 0. The van der Waals surface area contributed by atoms with Gasteiger partial charge in [-0.25, -0.2) is 0 Å². The third kappa shape index (κ3) is 3.53. The standard InChI is InChI=1S/C17H17NO3/c1-12(19)16-8-7-15(20-2)9-17(16)21-11-14-6-4-3-5-13(14)10-18/h3-9,12,19H,11H2,1-2H3/t12-/m0/s1. The van der Waals surface area contributed by atoms with Crippen molar-refractivity contribution < 1.29 is 14.6 Å². The van der Waals surface area contributed by atoms with Gasteiger partial charge >= 0.3 is 0 Å². The Hall–Kier alpha value is -2.51. The quantitative estimate of drug-likeness (QED) is 0.915. The average Bonchev–Trinajstić information content (AvgIpc) is 2.52. The van der Waals surface area contributed by atoms with E-state index >= 15 is 0 Å². The van der Waals surface area contributed by atoms with Gasteiger partial charge in [0.15, 0.2) is 0 Å².